The van der Waals surface area contributed by atoms with Crippen LogP contribution in [0.4, 0.5) is 5.82 Å². The number of carbonyl (C=O) groups excluding carboxylic acids is 1. The van der Waals surface area contributed by atoms with E-state index >= 15 is 0 Å². The number of aromatic nitrogens is 1. The molecule has 148 valence electrons. The van der Waals surface area contributed by atoms with E-state index < -0.39 is 5.63 Å². The van der Waals surface area contributed by atoms with Gasteiger partial charge in [0.15, 0.2) is 11.5 Å². The van der Waals surface area contributed by atoms with Crippen molar-refractivity contribution in [2.24, 2.45) is 0 Å². The fourth-order valence-corrected chi connectivity index (χ4v) is 3.45. The quantitative estimate of drug-likeness (QED) is 0.317. The highest BCUT2D eigenvalue weighted by atomic mass is 16.7. The van der Waals surface area contributed by atoms with Crippen LogP contribution in [0.3, 0.4) is 0 Å². The van der Waals surface area contributed by atoms with Gasteiger partial charge >= 0.3 is 5.63 Å². The van der Waals surface area contributed by atoms with Crippen LogP contribution in [-0.2, 0) is 4.79 Å². The van der Waals surface area contributed by atoms with E-state index in [0.29, 0.717) is 44.8 Å². The molecular weight excluding hydrogens is 384 g/mol. The second kappa shape index (κ2) is 7.04. The standard InChI is InChI=1S/C23H16N2O5/c1-13-10-19(25-22-15-4-2-3-5-16(15)30-23(27)21(13)22)24-20(26)9-7-14-6-8-17-18(11-14)29-12-28-17/h2-11H,12H2,1H3,(H,24,25,26)/b9-7-. The zero-order chi connectivity index (χ0) is 20.7. The van der Waals surface area contributed by atoms with Gasteiger partial charge < -0.3 is 19.2 Å². The largest absolute Gasteiger partial charge is 0.454 e. The molecule has 0 radical (unpaired) electrons. The summed E-state index contributed by atoms with van der Waals surface area (Å²) in [7, 11) is 0. The van der Waals surface area contributed by atoms with Crippen molar-refractivity contribution in [1.29, 1.82) is 0 Å². The first kappa shape index (κ1) is 17.9. The monoisotopic (exact) mass is 400 g/mol. The first-order chi connectivity index (χ1) is 14.6. The number of hydrogen-bond donors (Lipinski definition) is 1. The maximum Gasteiger partial charge on any atom is 0.346 e. The summed E-state index contributed by atoms with van der Waals surface area (Å²) >= 11 is 0. The number of anilines is 1. The van der Waals surface area contributed by atoms with E-state index in [1.54, 1.807) is 43.3 Å². The van der Waals surface area contributed by atoms with Crippen molar-refractivity contribution in [2.75, 3.05) is 12.1 Å². The number of pyridine rings is 1. The van der Waals surface area contributed by atoms with Crippen LogP contribution in [-0.4, -0.2) is 17.7 Å². The van der Waals surface area contributed by atoms with Crippen LogP contribution in [0.5, 0.6) is 11.5 Å². The van der Waals surface area contributed by atoms with Crippen LogP contribution in [0, 0.1) is 6.92 Å². The predicted molar refractivity (Wildman–Crippen MR) is 113 cm³/mol. The van der Waals surface area contributed by atoms with Gasteiger partial charge in [-0.2, -0.15) is 0 Å². The van der Waals surface area contributed by atoms with Crippen LogP contribution < -0.4 is 20.4 Å². The number of nitrogens with one attached hydrogen (secondary N) is 1. The third-order valence-corrected chi connectivity index (χ3v) is 4.84. The third kappa shape index (κ3) is 3.16. The van der Waals surface area contributed by atoms with Gasteiger partial charge in [0.25, 0.3) is 0 Å². The van der Waals surface area contributed by atoms with E-state index in [4.69, 9.17) is 13.9 Å². The normalized spacial score (nSPS) is 12.7. The van der Waals surface area contributed by atoms with Crippen molar-refractivity contribution in [3.05, 3.63) is 76.2 Å². The predicted octanol–water partition coefficient (Wildman–Crippen LogP) is 4.03. The van der Waals surface area contributed by atoms with Gasteiger partial charge in [0, 0.05) is 11.5 Å². The van der Waals surface area contributed by atoms with Gasteiger partial charge in [0.05, 0.1) is 10.9 Å². The molecule has 1 aliphatic rings. The van der Waals surface area contributed by atoms with Crippen molar-refractivity contribution in [2.45, 2.75) is 6.92 Å². The summed E-state index contributed by atoms with van der Waals surface area (Å²) in [6, 6.07) is 14.3. The van der Waals surface area contributed by atoms with E-state index in [1.165, 1.54) is 6.08 Å². The Balaban J connectivity index is 1.45. The van der Waals surface area contributed by atoms with E-state index in [9.17, 15) is 9.59 Å². The second-order valence-electron chi connectivity index (χ2n) is 6.87. The molecule has 1 aliphatic heterocycles. The topological polar surface area (TPSA) is 90.7 Å². The number of nitrogens with zero attached hydrogens (tertiary/aromatic N) is 1. The summed E-state index contributed by atoms with van der Waals surface area (Å²) in [6.45, 7) is 1.98. The molecule has 7 heteroatoms. The molecule has 5 rings (SSSR count). The minimum atomic E-state index is -0.450. The zero-order valence-electron chi connectivity index (χ0n) is 16.0. The molecule has 0 bridgehead atoms. The highest BCUT2D eigenvalue weighted by molar-refractivity contribution is 6.05. The maximum atomic E-state index is 12.4. The fourth-order valence-electron chi connectivity index (χ4n) is 3.45. The molecule has 30 heavy (non-hydrogen) atoms. The second-order valence-corrected chi connectivity index (χ2v) is 6.87. The van der Waals surface area contributed by atoms with Crippen molar-refractivity contribution >= 4 is 39.7 Å². The Morgan fingerprint density at radius 2 is 1.93 bits per heavy atom. The van der Waals surface area contributed by atoms with Crippen LogP contribution in [0.2, 0.25) is 0 Å². The molecule has 1 N–H and O–H groups in total. The van der Waals surface area contributed by atoms with Crippen molar-refractivity contribution in [3.63, 3.8) is 0 Å². The highest BCUT2D eigenvalue weighted by Crippen LogP contribution is 2.32. The Labute approximate surface area is 170 Å². The van der Waals surface area contributed by atoms with E-state index in [-0.39, 0.29) is 12.7 Å². The number of amides is 1. The minimum absolute atomic E-state index is 0.197. The molecule has 4 aromatic rings. The third-order valence-electron chi connectivity index (χ3n) is 4.84. The number of benzene rings is 2. The number of aryl methyl sites for hydroxylation is 1. The van der Waals surface area contributed by atoms with E-state index in [2.05, 4.69) is 10.3 Å². The Morgan fingerprint density at radius 3 is 2.83 bits per heavy atom. The summed E-state index contributed by atoms with van der Waals surface area (Å²) in [4.78, 5) is 29.3. The lowest BCUT2D eigenvalue weighted by Gasteiger charge is -2.08. The average molecular weight is 400 g/mol. The molecule has 0 aliphatic carbocycles. The lowest BCUT2D eigenvalue weighted by Crippen LogP contribution is -2.11. The van der Waals surface area contributed by atoms with E-state index in [0.717, 1.165) is 5.56 Å². The highest BCUT2D eigenvalue weighted by Gasteiger charge is 2.14. The Morgan fingerprint density at radius 1 is 1.10 bits per heavy atom. The Bertz CT molecular complexity index is 1400. The minimum Gasteiger partial charge on any atom is -0.454 e. The summed E-state index contributed by atoms with van der Waals surface area (Å²) in [6.07, 6.45) is 3.09. The molecule has 3 heterocycles. The van der Waals surface area contributed by atoms with Crippen LogP contribution in [0.25, 0.3) is 27.9 Å². The van der Waals surface area contributed by atoms with Crippen molar-refractivity contribution in [1.82, 2.24) is 4.98 Å². The number of rotatable bonds is 3. The van der Waals surface area contributed by atoms with Gasteiger partial charge in [-0.25, -0.2) is 9.78 Å². The van der Waals surface area contributed by atoms with E-state index in [1.807, 2.05) is 18.2 Å². The average Bonchev–Trinajstić information content (AvgIpc) is 3.20. The summed E-state index contributed by atoms with van der Waals surface area (Å²) in [5.41, 5.74) is 1.98. The summed E-state index contributed by atoms with van der Waals surface area (Å²) in [5.74, 6) is 1.35. The van der Waals surface area contributed by atoms with Crippen molar-refractivity contribution in [3.8, 4) is 11.5 Å². The molecule has 0 spiro atoms. The molecular formula is C23H16N2O5. The summed E-state index contributed by atoms with van der Waals surface area (Å²) in [5, 5.41) is 3.87. The molecule has 7 nitrogen and oxygen atoms in total. The Hall–Kier alpha value is -4.13. The van der Waals surface area contributed by atoms with Crippen molar-refractivity contribution < 1.29 is 18.7 Å². The molecule has 0 fully saturated rings. The molecule has 0 unspecified atom stereocenters. The molecule has 2 aromatic carbocycles. The SMILES string of the molecule is Cc1cc(NC(=O)/C=C\c2ccc3c(c2)OCO3)nc2c1c(=O)oc1ccccc12. The molecule has 2 aromatic heterocycles. The van der Waals surface area contributed by atoms with Gasteiger partial charge in [-0.05, 0) is 54.5 Å². The smallest absolute Gasteiger partial charge is 0.346 e. The van der Waals surface area contributed by atoms with Crippen LogP contribution in [0.1, 0.15) is 11.1 Å². The zero-order valence-corrected chi connectivity index (χ0v) is 16.0. The molecule has 0 atom stereocenters. The lowest BCUT2D eigenvalue weighted by molar-refractivity contribution is -0.111. The summed E-state index contributed by atoms with van der Waals surface area (Å²) < 4.78 is 16.0. The number of carbonyl (C=O) groups is 1. The number of fused-ring (bicyclic) bond motifs is 4. The van der Waals surface area contributed by atoms with Gasteiger partial charge in [-0.3, -0.25) is 4.79 Å². The van der Waals surface area contributed by atoms with Gasteiger partial charge in [-0.15, -0.1) is 0 Å². The molecule has 1 amide bonds. The first-order valence-electron chi connectivity index (χ1n) is 9.30. The fraction of sp³-hybridized carbons (Fsp3) is 0.0870. The van der Waals surface area contributed by atoms with Crippen LogP contribution >= 0.6 is 0 Å². The van der Waals surface area contributed by atoms with Gasteiger partial charge in [0.1, 0.15) is 11.4 Å². The Kier molecular flexibility index (Phi) is 4.21. The molecule has 0 saturated heterocycles. The number of para-hydroxylation sites is 1. The molecule has 0 saturated carbocycles. The van der Waals surface area contributed by atoms with Gasteiger partial charge in [-0.1, -0.05) is 18.2 Å². The van der Waals surface area contributed by atoms with Gasteiger partial charge in [0.2, 0.25) is 12.7 Å². The number of hydrogen-bond acceptors (Lipinski definition) is 6. The maximum absolute atomic E-state index is 12.4. The lowest BCUT2D eigenvalue weighted by atomic mass is 10.1. The first-order valence-corrected chi connectivity index (χ1v) is 9.30. The van der Waals surface area contributed by atoms with Crippen LogP contribution in [0.15, 0.2) is 63.8 Å². The number of ether oxygens (including phenoxy) is 2.